The number of hydrogen-bond acceptors (Lipinski definition) is 3. The number of aryl methyl sites for hydroxylation is 3. The highest BCUT2D eigenvalue weighted by atomic mass is 16.1. The van der Waals surface area contributed by atoms with E-state index in [1.807, 2.05) is 24.7 Å². The zero-order chi connectivity index (χ0) is 14.3. The van der Waals surface area contributed by atoms with Gasteiger partial charge >= 0.3 is 0 Å². The van der Waals surface area contributed by atoms with Crippen molar-refractivity contribution in [1.29, 1.82) is 0 Å². The summed E-state index contributed by atoms with van der Waals surface area (Å²) in [6.07, 6.45) is 3.14. The summed E-state index contributed by atoms with van der Waals surface area (Å²) >= 11 is 0. The lowest BCUT2D eigenvalue weighted by atomic mass is 9.90. The fraction of sp³-hybridized carbons (Fsp3) is 0.500. The lowest BCUT2D eigenvalue weighted by Crippen LogP contribution is -2.25. The molecule has 106 valence electrons. The molecule has 0 saturated heterocycles. The second-order valence-corrected chi connectivity index (χ2v) is 5.12. The van der Waals surface area contributed by atoms with Crippen LogP contribution in [0.5, 0.6) is 0 Å². The summed E-state index contributed by atoms with van der Waals surface area (Å²) < 4.78 is 1.82. The van der Waals surface area contributed by atoms with Gasteiger partial charge in [-0.05, 0) is 13.8 Å². The molecule has 1 unspecified atom stereocenters. The number of hydrogen-bond donors (Lipinski definition) is 2. The van der Waals surface area contributed by atoms with E-state index in [-0.39, 0.29) is 11.8 Å². The SMILES string of the molecule is CCc1nc(C2CC(=O)Nc3c2cnn3CC)c(C)[nH]1. The fourth-order valence-corrected chi connectivity index (χ4v) is 2.80. The molecule has 0 aromatic carbocycles. The summed E-state index contributed by atoms with van der Waals surface area (Å²) in [5.41, 5.74) is 3.06. The number of carbonyl (C=O) groups is 1. The number of fused-ring (bicyclic) bond motifs is 1. The molecule has 2 N–H and O–H groups in total. The monoisotopic (exact) mass is 273 g/mol. The number of aromatic amines is 1. The Kier molecular flexibility index (Phi) is 3.08. The second-order valence-electron chi connectivity index (χ2n) is 5.12. The van der Waals surface area contributed by atoms with Crippen molar-refractivity contribution >= 4 is 11.7 Å². The predicted octanol–water partition coefficient (Wildman–Crippen LogP) is 1.97. The minimum absolute atomic E-state index is 0.00407. The Morgan fingerprint density at radius 1 is 1.45 bits per heavy atom. The summed E-state index contributed by atoms with van der Waals surface area (Å²) in [5.74, 6) is 1.80. The van der Waals surface area contributed by atoms with Crippen molar-refractivity contribution in [2.45, 2.75) is 46.1 Å². The van der Waals surface area contributed by atoms with Gasteiger partial charge in [-0.3, -0.25) is 4.79 Å². The maximum atomic E-state index is 12.0. The topological polar surface area (TPSA) is 75.6 Å². The molecule has 1 atom stereocenters. The van der Waals surface area contributed by atoms with Crippen LogP contribution in [-0.4, -0.2) is 25.7 Å². The van der Waals surface area contributed by atoms with Gasteiger partial charge in [0.25, 0.3) is 0 Å². The molecule has 1 aliphatic heterocycles. The Morgan fingerprint density at radius 3 is 2.90 bits per heavy atom. The minimum atomic E-state index is -0.00407. The maximum Gasteiger partial charge on any atom is 0.226 e. The molecule has 6 heteroatoms. The van der Waals surface area contributed by atoms with E-state index in [1.165, 1.54) is 0 Å². The number of amides is 1. The average Bonchev–Trinajstić information content (AvgIpc) is 3.01. The number of H-pyrrole nitrogens is 1. The molecule has 0 aliphatic carbocycles. The number of nitrogens with one attached hydrogen (secondary N) is 2. The largest absolute Gasteiger partial charge is 0.346 e. The third kappa shape index (κ3) is 1.92. The number of imidazole rings is 1. The van der Waals surface area contributed by atoms with Gasteiger partial charge in [0.15, 0.2) is 0 Å². The van der Waals surface area contributed by atoms with E-state index >= 15 is 0 Å². The van der Waals surface area contributed by atoms with Crippen molar-refractivity contribution in [3.05, 3.63) is 29.0 Å². The molecule has 0 bridgehead atoms. The highest BCUT2D eigenvalue weighted by Crippen LogP contribution is 2.37. The molecule has 0 fully saturated rings. The highest BCUT2D eigenvalue weighted by Gasteiger charge is 2.32. The zero-order valence-corrected chi connectivity index (χ0v) is 12.0. The standard InChI is InChI=1S/C14H19N5O/c1-4-11-16-8(3)13(17-11)9-6-12(20)18-14-10(9)7-15-19(14)5-2/h7,9H,4-6H2,1-3H3,(H,16,17)(H,18,20). The van der Waals surface area contributed by atoms with Crippen LogP contribution < -0.4 is 5.32 Å². The van der Waals surface area contributed by atoms with Crippen LogP contribution in [0.4, 0.5) is 5.82 Å². The lowest BCUT2D eigenvalue weighted by Gasteiger charge is -2.22. The van der Waals surface area contributed by atoms with Crippen LogP contribution in [0.25, 0.3) is 0 Å². The number of rotatable bonds is 3. The Labute approximate surface area is 117 Å². The Bertz CT molecular complexity index is 655. The Balaban J connectivity index is 2.08. The molecule has 2 aromatic rings. The van der Waals surface area contributed by atoms with Crippen molar-refractivity contribution in [1.82, 2.24) is 19.7 Å². The van der Waals surface area contributed by atoms with Crippen molar-refractivity contribution in [3.8, 4) is 0 Å². The predicted molar refractivity (Wildman–Crippen MR) is 75.7 cm³/mol. The third-order valence-corrected chi connectivity index (χ3v) is 3.83. The molecule has 0 saturated carbocycles. The molecule has 1 aliphatic rings. The van der Waals surface area contributed by atoms with E-state index in [0.29, 0.717) is 6.42 Å². The van der Waals surface area contributed by atoms with Crippen LogP contribution in [0.2, 0.25) is 0 Å². The smallest absolute Gasteiger partial charge is 0.226 e. The first-order chi connectivity index (χ1) is 9.63. The molecular weight excluding hydrogens is 254 g/mol. The van der Waals surface area contributed by atoms with E-state index in [4.69, 9.17) is 0 Å². The van der Waals surface area contributed by atoms with E-state index in [9.17, 15) is 4.79 Å². The van der Waals surface area contributed by atoms with Crippen LogP contribution >= 0.6 is 0 Å². The Morgan fingerprint density at radius 2 is 2.25 bits per heavy atom. The Hall–Kier alpha value is -2.11. The minimum Gasteiger partial charge on any atom is -0.346 e. The molecule has 2 aromatic heterocycles. The van der Waals surface area contributed by atoms with E-state index < -0.39 is 0 Å². The first kappa shape index (κ1) is 12.9. The molecular formula is C14H19N5O. The summed E-state index contributed by atoms with van der Waals surface area (Å²) in [7, 11) is 0. The fourth-order valence-electron chi connectivity index (χ4n) is 2.80. The summed E-state index contributed by atoms with van der Waals surface area (Å²) in [5, 5.41) is 7.27. The number of aromatic nitrogens is 4. The van der Waals surface area contributed by atoms with Crippen LogP contribution in [0.3, 0.4) is 0 Å². The van der Waals surface area contributed by atoms with Crippen LogP contribution in [0.1, 0.15) is 49.0 Å². The zero-order valence-electron chi connectivity index (χ0n) is 12.0. The van der Waals surface area contributed by atoms with E-state index in [0.717, 1.165) is 41.6 Å². The third-order valence-electron chi connectivity index (χ3n) is 3.83. The van der Waals surface area contributed by atoms with E-state index in [2.05, 4.69) is 27.3 Å². The first-order valence-corrected chi connectivity index (χ1v) is 7.04. The van der Waals surface area contributed by atoms with Gasteiger partial charge < -0.3 is 10.3 Å². The van der Waals surface area contributed by atoms with Crippen molar-refractivity contribution < 1.29 is 4.79 Å². The molecule has 0 spiro atoms. The molecule has 3 rings (SSSR count). The lowest BCUT2D eigenvalue weighted by molar-refractivity contribution is -0.116. The van der Waals surface area contributed by atoms with Gasteiger partial charge in [-0.1, -0.05) is 6.92 Å². The quantitative estimate of drug-likeness (QED) is 0.897. The van der Waals surface area contributed by atoms with Gasteiger partial charge in [0.2, 0.25) is 5.91 Å². The van der Waals surface area contributed by atoms with Crippen molar-refractivity contribution in [2.75, 3.05) is 5.32 Å². The van der Waals surface area contributed by atoms with Gasteiger partial charge in [0, 0.05) is 36.6 Å². The van der Waals surface area contributed by atoms with Gasteiger partial charge in [-0.25, -0.2) is 9.67 Å². The molecule has 3 heterocycles. The van der Waals surface area contributed by atoms with Gasteiger partial charge in [0.05, 0.1) is 11.9 Å². The molecule has 0 radical (unpaired) electrons. The number of carbonyl (C=O) groups excluding carboxylic acids is 1. The molecule has 20 heavy (non-hydrogen) atoms. The van der Waals surface area contributed by atoms with Crippen LogP contribution in [0, 0.1) is 6.92 Å². The maximum absolute atomic E-state index is 12.0. The normalized spacial score (nSPS) is 17.9. The molecule has 1 amide bonds. The number of nitrogens with zero attached hydrogens (tertiary/aromatic N) is 3. The van der Waals surface area contributed by atoms with Gasteiger partial charge in [-0.2, -0.15) is 5.10 Å². The van der Waals surface area contributed by atoms with Gasteiger partial charge in [0.1, 0.15) is 11.6 Å². The summed E-state index contributed by atoms with van der Waals surface area (Å²) in [4.78, 5) is 19.9. The van der Waals surface area contributed by atoms with Crippen LogP contribution in [0.15, 0.2) is 6.20 Å². The van der Waals surface area contributed by atoms with Gasteiger partial charge in [-0.15, -0.1) is 0 Å². The second kappa shape index (κ2) is 4.77. The highest BCUT2D eigenvalue weighted by molar-refractivity contribution is 5.94. The number of anilines is 1. The van der Waals surface area contributed by atoms with Crippen molar-refractivity contribution in [3.63, 3.8) is 0 Å². The van der Waals surface area contributed by atoms with Crippen molar-refractivity contribution in [2.24, 2.45) is 0 Å². The summed E-state index contributed by atoms with van der Waals surface area (Å²) in [6.45, 7) is 6.83. The summed E-state index contributed by atoms with van der Waals surface area (Å²) in [6, 6.07) is 0. The van der Waals surface area contributed by atoms with E-state index in [1.54, 1.807) is 0 Å². The molecule has 6 nitrogen and oxygen atoms in total. The first-order valence-electron chi connectivity index (χ1n) is 7.04. The van der Waals surface area contributed by atoms with Crippen LogP contribution in [-0.2, 0) is 17.8 Å². The average molecular weight is 273 g/mol.